The number of hydrogen-bond acceptors (Lipinski definition) is 3. The average molecular weight is 318 g/mol. The van der Waals surface area contributed by atoms with Crippen LogP contribution in [0, 0.1) is 0 Å². The fraction of sp³-hybridized carbons (Fsp3) is 0.167. The number of amides is 1. The first-order chi connectivity index (χ1) is 9.86. The number of aliphatic hydroxyl groups is 1. The van der Waals surface area contributed by atoms with Crippen molar-refractivity contribution in [3.05, 3.63) is 41.0 Å². The Morgan fingerprint density at radius 2 is 2.00 bits per heavy atom. The number of anilines is 1. The van der Waals surface area contributed by atoms with Crippen molar-refractivity contribution in [2.45, 2.75) is 5.92 Å². The highest BCUT2D eigenvalue weighted by Crippen LogP contribution is 2.37. The van der Waals surface area contributed by atoms with Gasteiger partial charge in [0.15, 0.2) is 11.5 Å². The molecule has 0 atom stereocenters. The standard InChI is InChI=1S/C12H10ClF2N3O3/c13-8-9(12(14,15)6-19)17-18(10(8)16-11(20)21)7-4-2-1-3-5-7/h1-5,16,19H,6H2,(H,20,21). The molecule has 0 saturated heterocycles. The van der Waals surface area contributed by atoms with E-state index in [0.29, 0.717) is 5.69 Å². The van der Waals surface area contributed by atoms with Crippen LogP contribution in [0.2, 0.25) is 5.02 Å². The van der Waals surface area contributed by atoms with Crippen molar-refractivity contribution in [2.24, 2.45) is 0 Å². The molecular weight excluding hydrogens is 308 g/mol. The number of benzene rings is 1. The van der Waals surface area contributed by atoms with E-state index in [-0.39, 0.29) is 5.82 Å². The summed E-state index contributed by atoms with van der Waals surface area (Å²) in [6.07, 6.45) is -1.48. The lowest BCUT2D eigenvalue weighted by molar-refractivity contribution is -0.0593. The number of nitrogens with one attached hydrogen (secondary N) is 1. The number of alkyl halides is 2. The van der Waals surface area contributed by atoms with Gasteiger partial charge in [0.1, 0.15) is 11.6 Å². The topological polar surface area (TPSA) is 87.4 Å². The highest BCUT2D eigenvalue weighted by atomic mass is 35.5. The molecule has 6 nitrogen and oxygen atoms in total. The minimum atomic E-state index is -3.69. The summed E-state index contributed by atoms with van der Waals surface area (Å²) in [5, 5.41) is 22.5. The molecule has 112 valence electrons. The van der Waals surface area contributed by atoms with Crippen LogP contribution in [-0.2, 0) is 5.92 Å². The Balaban J connectivity index is 2.63. The van der Waals surface area contributed by atoms with Crippen LogP contribution in [0.15, 0.2) is 30.3 Å². The third-order valence-corrected chi connectivity index (χ3v) is 2.96. The number of aliphatic hydroxyl groups excluding tert-OH is 1. The largest absolute Gasteiger partial charge is 0.465 e. The number of para-hydroxylation sites is 1. The maximum atomic E-state index is 13.6. The summed E-state index contributed by atoms with van der Waals surface area (Å²) in [5.41, 5.74) is -0.567. The Morgan fingerprint density at radius 1 is 1.38 bits per heavy atom. The first-order valence-electron chi connectivity index (χ1n) is 5.70. The molecule has 0 radical (unpaired) electrons. The van der Waals surface area contributed by atoms with Crippen LogP contribution in [0.4, 0.5) is 19.4 Å². The summed E-state index contributed by atoms with van der Waals surface area (Å²) < 4.78 is 28.2. The van der Waals surface area contributed by atoms with E-state index >= 15 is 0 Å². The minimum Gasteiger partial charge on any atom is -0.465 e. The molecule has 0 fully saturated rings. The van der Waals surface area contributed by atoms with Crippen molar-refractivity contribution in [1.82, 2.24) is 9.78 Å². The second-order valence-corrected chi connectivity index (χ2v) is 4.43. The van der Waals surface area contributed by atoms with E-state index in [1.807, 2.05) is 5.32 Å². The van der Waals surface area contributed by atoms with E-state index in [4.69, 9.17) is 21.8 Å². The van der Waals surface area contributed by atoms with Gasteiger partial charge in [0.2, 0.25) is 0 Å². The molecule has 0 aliphatic carbocycles. The molecule has 1 aromatic carbocycles. The lowest BCUT2D eigenvalue weighted by Crippen LogP contribution is -2.20. The van der Waals surface area contributed by atoms with Crippen LogP contribution >= 0.6 is 11.6 Å². The molecule has 21 heavy (non-hydrogen) atoms. The maximum Gasteiger partial charge on any atom is 0.410 e. The Morgan fingerprint density at radius 3 is 2.52 bits per heavy atom. The number of carbonyl (C=O) groups is 1. The van der Waals surface area contributed by atoms with Crippen LogP contribution in [0.1, 0.15) is 5.69 Å². The molecule has 0 saturated carbocycles. The van der Waals surface area contributed by atoms with Gasteiger partial charge in [0.25, 0.3) is 0 Å². The maximum absolute atomic E-state index is 13.6. The molecule has 0 aliphatic heterocycles. The monoisotopic (exact) mass is 317 g/mol. The molecule has 9 heteroatoms. The number of aromatic nitrogens is 2. The lowest BCUT2D eigenvalue weighted by Gasteiger charge is -2.09. The highest BCUT2D eigenvalue weighted by molar-refractivity contribution is 6.34. The lowest BCUT2D eigenvalue weighted by atomic mass is 10.2. The quantitative estimate of drug-likeness (QED) is 0.809. The molecule has 1 heterocycles. The smallest absolute Gasteiger partial charge is 0.410 e. The van der Waals surface area contributed by atoms with E-state index < -0.39 is 29.3 Å². The van der Waals surface area contributed by atoms with Crippen molar-refractivity contribution < 1.29 is 23.8 Å². The SMILES string of the molecule is O=C(O)Nc1c(Cl)c(C(F)(F)CO)nn1-c1ccccc1. The van der Waals surface area contributed by atoms with Gasteiger partial charge in [0, 0.05) is 0 Å². The zero-order valence-corrected chi connectivity index (χ0v) is 11.2. The molecule has 0 unspecified atom stereocenters. The van der Waals surface area contributed by atoms with Crippen molar-refractivity contribution in [3.63, 3.8) is 0 Å². The van der Waals surface area contributed by atoms with E-state index in [1.54, 1.807) is 18.2 Å². The van der Waals surface area contributed by atoms with Gasteiger partial charge in [0.05, 0.1) is 5.69 Å². The van der Waals surface area contributed by atoms with Crippen LogP contribution in [0.25, 0.3) is 5.69 Å². The van der Waals surface area contributed by atoms with Gasteiger partial charge >= 0.3 is 12.0 Å². The first-order valence-corrected chi connectivity index (χ1v) is 6.07. The summed E-state index contributed by atoms with van der Waals surface area (Å²) in [4.78, 5) is 10.8. The summed E-state index contributed by atoms with van der Waals surface area (Å²) in [5.74, 6) is -4.01. The highest BCUT2D eigenvalue weighted by Gasteiger charge is 2.39. The van der Waals surface area contributed by atoms with Crippen molar-refractivity contribution in [1.29, 1.82) is 0 Å². The van der Waals surface area contributed by atoms with Crippen LogP contribution in [-0.4, -0.2) is 32.7 Å². The average Bonchev–Trinajstić information content (AvgIpc) is 2.77. The fourth-order valence-corrected chi connectivity index (χ4v) is 1.98. The van der Waals surface area contributed by atoms with Gasteiger partial charge in [-0.05, 0) is 12.1 Å². The second-order valence-electron chi connectivity index (χ2n) is 4.05. The summed E-state index contributed by atoms with van der Waals surface area (Å²) in [6, 6.07) is 8.02. The van der Waals surface area contributed by atoms with Crippen molar-refractivity contribution in [3.8, 4) is 5.69 Å². The van der Waals surface area contributed by atoms with Crippen LogP contribution in [0.5, 0.6) is 0 Å². The fourth-order valence-electron chi connectivity index (χ4n) is 1.67. The van der Waals surface area contributed by atoms with Gasteiger partial charge in [-0.1, -0.05) is 29.8 Å². The minimum absolute atomic E-state index is 0.321. The number of hydrogen-bond donors (Lipinski definition) is 3. The van der Waals surface area contributed by atoms with E-state index in [0.717, 1.165) is 4.68 Å². The Kier molecular flexibility index (Phi) is 4.10. The third kappa shape index (κ3) is 2.96. The van der Waals surface area contributed by atoms with Crippen LogP contribution < -0.4 is 5.32 Å². The molecule has 2 aromatic rings. The van der Waals surface area contributed by atoms with Gasteiger partial charge < -0.3 is 10.2 Å². The molecule has 0 spiro atoms. The summed E-state index contributed by atoms with van der Waals surface area (Å²) in [6.45, 7) is -1.50. The Bertz CT molecular complexity index is 661. The van der Waals surface area contributed by atoms with Gasteiger partial charge in [-0.25, -0.2) is 9.48 Å². The predicted molar refractivity (Wildman–Crippen MR) is 71.2 cm³/mol. The number of rotatable bonds is 4. The third-order valence-electron chi connectivity index (χ3n) is 2.60. The number of carboxylic acid groups (broad SMARTS) is 1. The molecule has 0 bridgehead atoms. The molecule has 3 N–H and O–H groups in total. The van der Waals surface area contributed by atoms with E-state index in [1.165, 1.54) is 12.1 Å². The van der Waals surface area contributed by atoms with Crippen molar-refractivity contribution >= 4 is 23.5 Å². The molecule has 1 aromatic heterocycles. The molecular formula is C12H10ClF2N3O3. The summed E-state index contributed by atoms with van der Waals surface area (Å²) in [7, 11) is 0. The number of nitrogens with zero attached hydrogens (tertiary/aromatic N) is 2. The Hall–Kier alpha value is -2.19. The zero-order chi connectivity index (χ0) is 15.6. The van der Waals surface area contributed by atoms with Gasteiger partial charge in [-0.3, -0.25) is 5.32 Å². The van der Waals surface area contributed by atoms with E-state index in [2.05, 4.69) is 5.10 Å². The predicted octanol–water partition coefficient (Wildman–Crippen LogP) is 2.70. The van der Waals surface area contributed by atoms with Gasteiger partial charge in [-0.15, -0.1) is 0 Å². The molecule has 1 amide bonds. The normalized spacial score (nSPS) is 11.4. The Labute approximate surface area is 122 Å². The summed E-state index contributed by atoms with van der Waals surface area (Å²) >= 11 is 5.79. The van der Waals surface area contributed by atoms with E-state index in [9.17, 15) is 13.6 Å². The number of halogens is 3. The van der Waals surface area contributed by atoms with Crippen LogP contribution in [0.3, 0.4) is 0 Å². The van der Waals surface area contributed by atoms with Crippen molar-refractivity contribution in [2.75, 3.05) is 11.9 Å². The molecule has 2 rings (SSSR count). The molecule has 0 aliphatic rings. The first kappa shape index (κ1) is 15.2. The van der Waals surface area contributed by atoms with Gasteiger partial charge in [-0.2, -0.15) is 13.9 Å². The second kappa shape index (κ2) is 5.66. The zero-order valence-electron chi connectivity index (χ0n) is 10.4.